The van der Waals surface area contributed by atoms with Crippen LogP contribution in [0.4, 0.5) is 0 Å². The van der Waals surface area contributed by atoms with E-state index in [2.05, 4.69) is 10.6 Å². The molecular weight excluding hydrogens is 518 g/mol. The van der Waals surface area contributed by atoms with Crippen LogP contribution in [0.5, 0.6) is 5.75 Å². The van der Waals surface area contributed by atoms with Crippen molar-refractivity contribution in [2.24, 2.45) is 0 Å². The van der Waals surface area contributed by atoms with Gasteiger partial charge >= 0.3 is 0 Å². The Morgan fingerprint density at radius 2 is 1.85 bits per heavy atom. The van der Waals surface area contributed by atoms with Crippen LogP contribution >= 0.6 is 11.3 Å². The minimum atomic E-state index is -1.68. The van der Waals surface area contributed by atoms with Gasteiger partial charge in [0.1, 0.15) is 11.8 Å². The highest BCUT2D eigenvalue weighted by molar-refractivity contribution is 7.09. The van der Waals surface area contributed by atoms with Gasteiger partial charge in [-0.2, -0.15) is 0 Å². The summed E-state index contributed by atoms with van der Waals surface area (Å²) < 4.78 is 0. The maximum atomic E-state index is 13.5. The van der Waals surface area contributed by atoms with E-state index in [1.54, 1.807) is 24.3 Å². The highest BCUT2D eigenvalue weighted by Crippen LogP contribution is 2.23. The van der Waals surface area contributed by atoms with Crippen LogP contribution in [0.3, 0.4) is 0 Å². The van der Waals surface area contributed by atoms with Gasteiger partial charge in [0.25, 0.3) is 11.8 Å². The number of carbonyl (C=O) groups excluding carboxylic acids is 3. The number of benzene rings is 2. The number of hydrogen-bond donors (Lipinski definition) is 5. The minimum Gasteiger partial charge on any atom is -0.508 e. The summed E-state index contributed by atoms with van der Waals surface area (Å²) in [6.07, 6.45) is -1.74. The van der Waals surface area contributed by atoms with Crippen LogP contribution in [0.15, 0.2) is 66.0 Å². The van der Waals surface area contributed by atoms with Crippen LogP contribution in [-0.4, -0.2) is 75.3 Å². The van der Waals surface area contributed by atoms with Gasteiger partial charge in [-0.25, -0.2) is 0 Å². The lowest BCUT2D eigenvalue weighted by atomic mass is 9.98. The number of carbonyl (C=O) groups is 3. The predicted molar refractivity (Wildman–Crippen MR) is 147 cm³/mol. The summed E-state index contributed by atoms with van der Waals surface area (Å²) in [5.74, 6) is -1.75. The second-order valence-electron chi connectivity index (χ2n) is 9.68. The SMILES string of the molecule is Cc1c(O)cccc1C(=O)N[C@@H](Cc1ccccc1)[C@H](O)C(=O)N1C[C@H](O)C[C@H]1C(=O)NCCc1cccs1. The van der Waals surface area contributed by atoms with Crippen molar-refractivity contribution in [2.75, 3.05) is 13.1 Å². The fraction of sp³-hybridized carbons (Fsp3) is 0.345. The van der Waals surface area contributed by atoms with Crippen molar-refractivity contribution in [3.63, 3.8) is 0 Å². The Morgan fingerprint density at radius 1 is 1.08 bits per heavy atom. The minimum absolute atomic E-state index is 0.0436. The lowest BCUT2D eigenvalue weighted by Crippen LogP contribution is -2.56. The van der Waals surface area contributed by atoms with E-state index >= 15 is 0 Å². The molecule has 0 unspecified atom stereocenters. The lowest BCUT2D eigenvalue weighted by Gasteiger charge is -2.30. The Morgan fingerprint density at radius 3 is 2.56 bits per heavy atom. The average Bonchev–Trinajstić information content (AvgIpc) is 3.59. The van der Waals surface area contributed by atoms with Crippen molar-refractivity contribution in [1.29, 1.82) is 0 Å². The summed E-state index contributed by atoms with van der Waals surface area (Å²) in [4.78, 5) is 42.0. The zero-order valence-electron chi connectivity index (χ0n) is 21.6. The van der Waals surface area contributed by atoms with Crippen LogP contribution in [0, 0.1) is 6.92 Å². The Hall–Kier alpha value is -3.73. The maximum Gasteiger partial charge on any atom is 0.254 e. The Balaban J connectivity index is 1.49. The zero-order chi connectivity index (χ0) is 27.9. The summed E-state index contributed by atoms with van der Waals surface area (Å²) in [5, 5.41) is 39.1. The largest absolute Gasteiger partial charge is 0.508 e. The molecule has 1 aliphatic heterocycles. The normalized spacial score (nSPS) is 18.4. The van der Waals surface area contributed by atoms with Gasteiger partial charge in [0, 0.05) is 35.5 Å². The van der Waals surface area contributed by atoms with Gasteiger partial charge in [0.2, 0.25) is 5.91 Å². The Labute approximate surface area is 231 Å². The number of phenolic OH excluding ortho intramolecular Hbond substituents is 1. The summed E-state index contributed by atoms with van der Waals surface area (Å²) in [5.41, 5.74) is 1.37. The quantitative estimate of drug-likeness (QED) is 0.260. The van der Waals surface area contributed by atoms with Crippen molar-refractivity contribution in [3.8, 4) is 5.75 Å². The van der Waals surface area contributed by atoms with Gasteiger partial charge in [-0.15, -0.1) is 11.3 Å². The smallest absolute Gasteiger partial charge is 0.254 e. The van der Waals surface area contributed by atoms with Gasteiger partial charge in [-0.1, -0.05) is 42.5 Å². The number of hydrogen-bond acceptors (Lipinski definition) is 7. The first kappa shape index (κ1) is 28.3. The summed E-state index contributed by atoms with van der Waals surface area (Å²) in [7, 11) is 0. The van der Waals surface area contributed by atoms with E-state index in [1.807, 2.05) is 47.8 Å². The number of phenols is 1. The molecule has 10 heteroatoms. The molecule has 5 N–H and O–H groups in total. The molecule has 0 spiro atoms. The number of amides is 3. The lowest BCUT2D eigenvalue weighted by molar-refractivity contribution is -0.146. The van der Waals surface area contributed by atoms with E-state index in [0.29, 0.717) is 18.5 Å². The van der Waals surface area contributed by atoms with Crippen LogP contribution < -0.4 is 10.6 Å². The molecule has 0 radical (unpaired) electrons. The molecule has 1 aromatic heterocycles. The van der Waals surface area contributed by atoms with Crippen molar-refractivity contribution in [2.45, 2.75) is 50.5 Å². The highest BCUT2D eigenvalue weighted by Gasteiger charge is 2.42. The molecule has 0 saturated carbocycles. The Bertz CT molecular complexity index is 1280. The van der Waals surface area contributed by atoms with Crippen LogP contribution in [0.25, 0.3) is 0 Å². The molecule has 4 rings (SSSR count). The third kappa shape index (κ3) is 7.03. The maximum absolute atomic E-state index is 13.5. The molecule has 1 fully saturated rings. The second kappa shape index (κ2) is 12.9. The zero-order valence-corrected chi connectivity index (χ0v) is 22.4. The molecule has 2 aromatic carbocycles. The number of likely N-dealkylation sites (tertiary alicyclic amines) is 1. The van der Waals surface area contributed by atoms with Gasteiger partial charge < -0.3 is 30.9 Å². The molecule has 9 nitrogen and oxygen atoms in total. The Kier molecular flexibility index (Phi) is 9.34. The summed E-state index contributed by atoms with van der Waals surface area (Å²) in [6, 6.07) is 15.6. The number of aliphatic hydroxyl groups excluding tert-OH is 2. The van der Waals surface area contributed by atoms with E-state index in [1.165, 1.54) is 17.0 Å². The number of aliphatic hydroxyl groups is 2. The van der Waals surface area contributed by atoms with Crippen LogP contribution in [0.2, 0.25) is 0 Å². The number of rotatable bonds is 10. The number of nitrogens with one attached hydrogen (secondary N) is 2. The van der Waals surface area contributed by atoms with Gasteiger partial charge in [0.15, 0.2) is 6.10 Å². The van der Waals surface area contributed by atoms with Gasteiger partial charge in [-0.05, 0) is 48.9 Å². The number of aromatic hydroxyl groups is 1. The first-order valence-corrected chi connectivity index (χ1v) is 13.7. The average molecular weight is 552 g/mol. The number of β-amino-alcohol motifs (C(OH)–C–C–N with tert-alkyl or cyclic N) is 1. The van der Waals surface area contributed by atoms with E-state index in [4.69, 9.17) is 0 Å². The summed E-state index contributed by atoms with van der Waals surface area (Å²) >= 11 is 1.59. The molecule has 3 amide bonds. The molecular formula is C29H33N3O6S. The number of nitrogens with zero attached hydrogens (tertiary/aromatic N) is 1. The molecule has 1 aliphatic rings. The van der Waals surface area contributed by atoms with Gasteiger partial charge in [0.05, 0.1) is 12.1 Å². The van der Waals surface area contributed by atoms with Crippen molar-refractivity contribution >= 4 is 29.1 Å². The summed E-state index contributed by atoms with van der Waals surface area (Å²) in [6.45, 7) is 1.88. The molecule has 206 valence electrons. The molecule has 3 aromatic rings. The van der Waals surface area contributed by atoms with Crippen LogP contribution in [-0.2, 0) is 22.4 Å². The van der Waals surface area contributed by atoms with Crippen molar-refractivity contribution in [3.05, 3.63) is 87.6 Å². The van der Waals surface area contributed by atoms with Gasteiger partial charge in [-0.3, -0.25) is 14.4 Å². The first-order chi connectivity index (χ1) is 18.7. The molecule has 4 atom stereocenters. The van der Waals surface area contributed by atoms with Crippen molar-refractivity contribution < 1.29 is 29.7 Å². The monoisotopic (exact) mass is 551 g/mol. The topological polar surface area (TPSA) is 139 Å². The van der Waals surface area contributed by atoms with E-state index < -0.39 is 42.0 Å². The molecule has 1 saturated heterocycles. The van der Waals surface area contributed by atoms with Crippen LogP contribution in [0.1, 0.15) is 32.8 Å². The fourth-order valence-electron chi connectivity index (χ4n) is 4.75. The predicted octanol–water partition coefficient (Wildman–Crippen LogP) is 1.78. The first-order valence-electron chi connectivity index (χ1n) is 12.8. The fourth-order valence-corrected chi connectivity index (χ4v) is 5.46. The molecule has 0 aliphatic carbocycles. The van der Waals surface area contributed by atoms with E-state index in [9.17, 15) is 29.7 Å². The molecule has 39 heavy (non-hydrogen) atoms. The third-order valence-corrected chi connectivity index (χ3v) is 7.85. The highest BCUT2D eigenvalue weighted by atomic mass is 32.1. The standard InChI is InChI=1S/C29H33N3O6S/c1-18-22(10-5-11-25(18)34)27(36)31-23(15-19-7-3-2-4-8-19)26(35)29(38)32-17-20(33)16-24(32)28(37)30-13-12-21-9-6-14-39-21/h2-11,14,20,23-24,26,33-35H,12-13,15-17H2,1H3,(H,30,37)(H,31,36)/t20-,23+,24+,26+/m1/s1. The third-order valence-electron chi connectivity index (χ3n) is 6.91. The molecule has 2 heterocycles. The second-order valence-corrected chi connectivity index (χ2v) is 10.7. The van der Waals surface area contributed by atoms with E-state index in [0.717, 1.165) is 10.4 Å². The van der Waals surface area contributed by atoms with Crippen molar-refractivity contribution in [1.82, 2.24) is 15.5 Å². The van der Waals surface area contributed by atoms with E-state index in [-0.39, 0.29) is 30.7 Å². The number of thiophene rings is 1. The molecule has 0 bridgehead atoms.